The molecule has 2 atom stereocenters. The van der Waals surface area contributed by atoms with E-state index >= 15 is 0 Å². The third kappa shape index (κ3) is 3.75. The van der Waals surface area contributed by atoms with Crippen LogP contribution in [-0.4, -0.2) is 39.7 Å². The number of benzene rings is 1. The monoisotopic (exact) mass is 334 g/mol. The molecule has 1 saturated heterocycles. The number of amides is 3. The average molecular weight is 334 g/mol. The Balaban J connectivity index is 2.13. The van der Waals surface area contributed by atoms with Crippen LogP contribution in [0.3, 0.4) is 0 Å². The summed E-state index contributed by atoms with van der Waals surface area (Å²) < 4.78 is 0. The summed E-state index contributed by atoms with van der Waals surface area (Å²) in [5.74, 6) is -0.954. The Hall–Kier alpha value is -1.82. The van der Waals surface area contributed by atoms with E-state index in [0.29, 0.717) is 0 Å². The molecule has 5 nitrogen and oxygen atoms in total. The lowest BCUT2D eigenvalue weighted by atomic mass is 10.1. The lowest BCUT2D eigenvalue weighted by molar-refractivity contribution is -0.147. The van der Waals surface area contributed by atoms with E-state index < -0.39 is 0 Å². The van der Waals surface area contributed by atoms with Crippen molar-refractivity contribution in [1.82, 2.24) is 4.90 Å². The fourth-order valence-electron chi connectivity index (χ4n) is 2.83. The summed E-state index contributed by atoms with van der Waals surface area (Å²) in [4.78, 5) is 37.7. The molecule has 1 heterocycles. The van der Waals surface area contributed by atoms with Crippen molar-refractivity contribution in [2.75, 3.05) is 11.9 Å². The van der Waals surface area contributed by atoms with Crippen molar-refractivity contribution < 1.29 is 14.4 Å². The third-order valence-corrected chi connectivity index (χ3v) is 5.10. The Morgan fingerprint density at radius 2 is 1.57 bits per heavy atom. The Bertz CT molecular complexity index is 629. The van der Waals surface area contributed by atoms with Gasteiger partial charge in [-0.25, -0.2) is 0 Å². The number of hydrogen-bond donors (Lipinski definition) is 1. The van der Waals surface area contributed by atoms with E-state index in [9.17, 15) is 14.4 Å². The lowest BCUT2D eigenvalue weighted by Crippen LogP contribution is -2.52. The summed E-state index contributed by atoms with van der Waals surface area (Å²) in [7, 11) is 0. The van der Waals surface area contributed by atoms with Gasteiger partial charge in [0.25, 0.3) is 0 Å². The van der Waals surface area contributed by atoms with Gasteiger partial charge in [-0.2, -0.15) is 0 Å². The van der Waals surface area contributed by atoms with Crippen molar-refractivity contribution in [2.45, 2.75) is 45.1 Å². The van der Waals surface area contributed by atoms with Gasteiger partial charge < -0.3 is 5.32 Å². The number of carbonyl (C=O) groups excluding carboxylic acids is 3. The first kappa shape index (κ1) is 17.5. The van der Waals surface area contributed by atoms with Gasteiger partial charge in [0.15, 0.2) is 0 Å². The first-order valence-electron chi connectivity index (χ1n) is 7.59. The number of aryl methyl sites for hydroxylation is 3. The van der Waals surface area contributed by atoms with E-state index in [1.807, 2.05) is 32.9 Å². The zero-order chi connectivity index (χ0) is 17.3. The Morgan fingerprint density at radius 3 is 2.04 bits per heavy atom. The summed E-state index contributed by atoms with van der Waals surface area (Å²) in [5, 5.41) is 2.22. The van der Waals surface area contributed by atoms with Gasteiger partial charge in [-0.1, -0.05) is 17.7 Å². The van der Waals surface area contributed by atoms with Crippen LogP contribution in [-0.2, 0) is 14.4 Å². The van der Waals surface area contributed by atoms with Crippen LogP contribution >= 0.6 is 11.8 Å². The van der Waals surface area contributed by atoms with Gasteiger partial charge in [-0.3, -0.25) is 19.3 Å². The highest BCUT2D eigenvalue weighted by molar-refractivity contribution is 8.02. The van der Waals surface area contributed by atoms with Crippen LogP contribution in [0.1, 0.15) is 30.5 Å². The minimum absolute atomic E-state index is 0.236. The molecule has 1 aromatic carbocycles. The lowest BCUT2D eigenvalue weighted by Gasteiger charge is -2.31. The molecule has 0 unspecified atom stereocenters. The molecule has 3 amide bonds. The van der Waals surface area contributed by atoms with Crippen LogP contribution in [0, 0.1) is 20.8 Å². The number of nitrogens with one attached hydrogen (secondary N) is 1. The van der Waals surface area contributed by atoms with Crippen LogP contribution in [0.2, 0.25) is 0 Å². The second-order valence-electron chi connectivity index (χ2n) is 6.01. The first-order valence-corrected chi connectivity index (χ1v) is 8.53. The van der Waals surface area contributed by atoms with Crippen LogP contribution in [0.4, 0.5) is 5.69 Å². The zero-order valence-electron chi connectivity index (χ0n) is 14.1. The van der Waals surface area contributed by atoms with E-state index in [1.54, 1.807) is 13.8 Å². The predicted molar refractivity (Wildman–Crippen MR) is 92.5 cm³/mol. The molecule has 0 aromatic heterocycles. The maximum absolute atomic E-state index is 12.3. The van der Waals surface area contributed by atoms with Crippen LogP contribution in [0.25, 0.3) is 0 Å². The molecule has 6 heteroatoms. The quantitative estimate of drug-likeness (QED) is 0.862. The van der Waals surface area contributed by atoms with Gasteiger partial charge in [0.1, 0.15) is 6.54 Å². The molecule has 1 N–H and O–H groups in total. The van der Waals surface area contributed by atoms with Crippen molar-refractivity contribution in [3.8, 4) is 0 Å². The molecule has 0 spiro atoms. The summed E-state index contributed by atoms with van der Waals surface area (Å²) >= 11 is 1.33. The van der Waals surface area contributed by atoms with Gasteiger partial charge in [-0.15, -0.1) is 11.8 Å². The van der Waals surface area contributed by atoms with Crippen molar-refractivity contribution in [3.05, 3.63) is 28.8 Å². The molecule has 0 saturated carbocycles. The highest BCUT2D eigenvalue weighted by Crippen LogP contribution is 2.27. The number of thioether (sulfide) groups is 1. The van der Waals surface area contributed by atoms with Gasteiger partial charge in [-0.05, 0) is 45.7 Å². The van der Waals surface area contributed by atoms with E-state index in [-0.39, 0.29) is 34.8 Å². The van der Waals surface area contributed by atoms with E-state index in [0.717, 1.165) is 27.3 Å². The zero-order valence-corrected chi connectivity index (χ0v) is 14.9. The Morgan fingerprint density at radius 1 is 1.09 bits per heavy atom. The number of hydrogen-bond acceptors (Lipinski definition) is 4. The smallest absolute Gasteiger partial charge is 0.244 e. The van der Waals surface area contributed by atoms with E-state index in [4.69, 9.17) is 0 Å². The second-order valence-corrected chi connectivity index (χ2v) is 7.69. The number of carbonyl (C=O) groups is 3. The van der Waals surface area contributed by atoms with E-state index in [2.05, 4.69) is 5.32 Å². The molecular formula is C17H22N2O3S. The summed E-state index contributed by atoms with van der Waals surface area (Å²) in [6, 6.07) is 3.97. The van der Waals surface area contributed by atoms with Crippen molar-refractivity contribution in [2.24, 2.45) is 0 Å². The minimum Gasteiger partial charge on any atom is -0.324 e. The van der Waals surface area contributed by atoms with Crippen LogP contribution < -0.4 is 5.32 Å². The maximum Gasteiger partial charge on any atom is 0.244 e. The molecule has 1 aromatic rings. The summed E-state index contributed by atoms with van der Waals surface area (Å²) in [6.45, 7) is 9.13. The van der Waals surface area contributed by atoms with Crippen molar-refractivity contribution >= 4 is 35.2 Å². The molecule has 124 valence electrons. The predicted octanol–water partition coefficient (Wildman–Crippen LogP) is 2.43. The fourth-order valence-corrected chi connectivity index (χ4v) is 3.93. The van der Waals surface area contributed by atoms with Crippen LogP contribution in [0.15, 0.2) is 12.1 Å². The number of nitrogens with zero attached hydrogens (tertiary/aromatic N) is 1. The summed E-state index contributed by atoms with van der Waals surface area (Å²) in [5.41, 5.74) is 3.79. The molecule has 0 aliphatic carbocycles. The largest absolute Gasteiger partial charge is 0.324 e. The number of rotatable bonds is 3. The molecular weight excluding hydrogens is 312 g/mol. The molecule has 0 radical (unpaired) electrons. The average Bonchev–Trinajstić information content (AvgIpc) is 2.45. The Kier molecular flexibility index (Phi) is 5.14. The van der Waals surface area contributed by atoms with Gasteiger partial charge in [0, 0.05) is 5.69 Å². The molecule has 0 bridgehead atoms. The Labute approximate surface area is 140 Å². The molecule has 1 fully saturated rings. The van der Waals surface area contributed by atoms with Gasteiger partial charge >= 0.3 is 0 Å². The second kappa shape index (κ2) is 6.74. The van der Waals surface area contributed by atoms with Gasteiger partial charge in [0.2, 0.25) is 17.7 Å². The number of anilines is 1. The molecule has 1 aliphatic heterocycles. The molecule has 23 heavy (non-hydrogen) atoms. The third-order valence-electron chi connectivity index (χ3n) is 3.88. The normalized spacial score (nSPS) is 21.5. The van der Waals surface area contributed by atoms with Crippen LogP contribution in [0.5, 0.6) is 0 Å². The van der Waals surface area contributed by atoms with E-state index in [1.165, 1.54) is 11.8 Å². The van der Waals surface area contributed by atoms with Crippen molar-refractivity contribution in [3.63, 3.8) is 0 Å². The minimum atomic E-state index is -0.354. The maximum atomic E-state index is 12.3. The molecule has 1 aliphatic rings. The fraction of sp³-hybridized carbons (Fsp3) is 0.471. The topological polar surface area (TPSA) is 66.5 Å². The number of imide groups is 1. The summed E-state index contributed by atoms with van der Waals surface area (Å²) in [6.07, 6.45) is 0. The highest BCUT2D eigenvalue weighted by Gasteiger charge is 2.38. The SMILES string of the molecule is Cc1cc(C)c(NC(=O)CN2C(=O)[C@@H](C)S[C@H](C)C2=O)c(C)c1. The highest BCUT2D eigenvalue weighted by atomic mass is 32.2. The first-order chi connectivity index (χ1) is 10.7. The van der Waals surface area contributed by atoms with Gasteiger partial charge in [0.05, 0.1) is 10.5 Å². The standard InChI is InChI=1S/C17H22N2O3S/c1-9-6-10(2)15(11(3)7-9)18-14(20)8-19-16(21)12(4)23-13(5)17(19)22/h6-7,12-13H,8H2,1-5H3,(H,18,20)/t12-,13-/m1/s1. The molecule has 2 rings (SSSR count). The van der Waals surface area contributed by atoms with Crippen molar-refractivity contribution in [1.29, 1.82) is 0 Å².